The number of hydrogen-bond donors (Lipinski definition) is 3. The van der Waals surface area contributed by atoms with Crippen LogP contribution in [0.1, 0.15) is 26.2 Å². The molecule has 1 unspecified atom stereocenters. The molecule has 0 aliphatic carbocycles. The predicted octanol–water partition coefficient (Wildman–Crippen LogP) is 0.823. The number of ether oxygens (including phenoxy) is 1. The van der Waals surface area contributed by atoms with Gasteiger partial charge in [-0.2, -0.15) is 0 Å². The van der Waals surface area contributed by atoms with Crippen LogP contribution in [0.3, 0.4) is 0 Å². The zero-order valence-corrected chi connectivity index (χ0v) is 10.5. The van der Waals surface area contributed by atoms with Crippen LogP contribution in [0.2, 0.25) is 0 Å². The minimum atomic E-state index is -0.869. The summed E-state index contributed by atoms with van der Waals surface area (Å²) < 4.78 is 4.84. The first kappa shape index (κ1) is 15.7. The molecule has 0 saturated heterocycles. The lowest BCUT2D eigenvalue weighted by atomic mass is 10.0. The molecule has 0 saturated carbocycles. The van der Waals surface area contributed by atoms with E-state index in [0.29, 0.717) is 19.6 Å². The summed E-state index contributed by atoms with van der Waals surface area (Å²) >= 11 is 0. The van der Waals surface area contributed by atoms with Crippen molar-refractivity contribution in [3.63, 3.8) is 0 Å². The quantitative estimate of drug-likeness (QED) is 0.526. The Labute approximate surface area is 102 Å². The predicted molar refractivity (Wildman–Crippen MR) is 63.9 cm³/mol. The molecule has 2 amide bonds. The second-order valence-corrected chi connectivity index (χ2v) is 3.81. The van der Waals surface area contributed by atoms with Gasteiger partial charge in [-0.1, -0.05) is 13.3 Å². The molecule has 0 aliphatic rings. The fourth-order valence-electron chi connectivity index (χ4n) is 1.36. The molecular weight excluding hydrogens is 224 g/mol. The van der Waals surface area contributed by atoms with E-state index >= 15 is 0 Å². The summed E-state index contributed by atoms with van der Waals surface area (Å²) in [7, 11) is 1.60. The minimum absolute atomic E-state index is 0.166. The van der Waals surface area contributed by atoms with Crippen molar-refractivity contribution in [3.05, 3.63) is 0 Å². The summed E-state index contributed by atoms with van der Waals surface area (Å²) in [5, 5.41) is 14.1. The van der Waals surface area contributed by atoms with E-state index in [1.165, 1.54) is 0 Å². The van der Waals surface area contributed by atoms with Crippen LogP contribution in [0.25, 0.3) is 0 Å². The fraction of sp³-hybridized carbons (Fsp3) is 0.818. The first-order chi connectivity index (χ1) is 8.11. The maximum absolute atomic E-state index is 11.3. The molecule has 0 aliphatic heterocycles. The van der Waals surface area contributed by atoms with Gasteiger partial charge in [0.15, 0.2) is 0 Å². The van der Waals surface area contributed by atoms with Gasteiger partial charge < -0.3 is 20.5 Å². The average Bonchev–Trinajstić information content (AvgIpc) is 2.29. The number of hydrogen-bond acceptors (Lipinski definition) is 3. The zero-order valence-electron chi connectivity index (χ0n) is 10.5. The Morgan fingerprint density at radius 2 is 2.06 bits per heavy atom. The number of carboxylic acids is 1. The van der Waals surface area contributed by atoms with E-state index in [1.807, 2.05) is 6.92 Å². The first-order valence-corrected chi connectivity index (χ1v) is 5.85. The average molecular weight is 246 g/mol. The van der Waals surface area contributed by atoms with Gasteiger partial charge in [-0.05, 0) is 12.8 Å². The number of aliphatic carboxylic acids is 1. The largest absolute Gasteiger partial charge is 0.481 e. The molecule has 17 heavy (non-hydrogen) atoms. The number of carbonyl (C=O) groups excluding carboxylic acids is 1. The molecule has 0 bridgehead atoms. The monoisotopic (exact) mass is 246 g/mol. The van der Waals surface area contributed by atoms with Gasteiger partial charge in [0, 0.05) is 26.8 Å². The van der Waals surface area contributed by atoms with Gasteiger partial charge in [-0.15, -0.1) is 0 Å². The standard InChI is InChI=1S/C11H22N2O4/c1-3-5-9(10(14)15)8-13-11(16)12-6-4-7-17-2/h9H,3-8H2,1-2H3,(H,14,15)(H2,12,13,16). The van der Waals surface area contributed by atoms with E-state index in [2.05, 4.69) is 10.6 Å². The SMILES string of the molecule is CCCC(CNC(=O)NCCCOC)C(=O)O. The number of amides is 2. The maximum atomic E-state index is 11.3. The zero-order chi connectivity index (χ0) is 13.1. The van der Waals surface area contributed by atoms with Gasteiger partial charge in [-0.25, -0.2) is 4.79 Å². The smallest absolute Gasteiger partial charge is 0.314 e. The highest BCUT2D eigenvalue weighted by Gasteiger charge is 2.16. The topological polar surface area (TPSA) is 87.7 Å². The Morgan fingerprint density at radius 3 is 2.59 bits per heavy atom. The van der Waals surface area contributed by atoms with E-state index in [1.54, 1.807) is 7.11 Å². The van der Waals surface area contributed by atoms with Gasteiger partial charge in [0.05, 0.1) is 5.92 Å². The highest BCUT2D eigenvalue weighted by atomic mass is 16.5. The lowest BCUT2D eigenvalue weighted by molar-refractivity contribution is -0.141. The van der Waals surface area contributed by atoms with Crippen LogP contribution in [-0.2, 0) is 9.53 Å². The summed E-state index contributed by atoms with van der Waals surface area (Å²) in [4.78, 5) is 22.1. The Bertz CT molecular complexity index is 234. The van der Waals surface area contributed by atoms with E-state index in [9.17, 15) is 9.59 Å². The molecule has 6 nitrogen and oxygen atoms in total. The van der Waals surface area contributed by atoms with Crippen LogP contribution in [0.5, 0.6) is 0 Å². The number of methoxy groups -OCH3 is 1. The summed E-state index contributed by atoms with van der Waals surface area (Å²) in [5.41, 5.74) is 0. The Morgan fingerprint density at radius 1 is 1.35 bits per heavy atom. The van der Waals surface area contributed by atoms with Gasteiger partial charge >= 0.3 is 12.0 Å². The van der Waals surface area contributed by atoms with Crippen LogP contribution in [-0.4, -0.2) is 43.9 Å². The number of urea groups is 1. The van der Waals surface area contributed by atoms with Crippen LogP contribution in [0.4, 0.5) is 4.79 Å². The highest BCUT2D eigenvalue weighted by molar-refractivity contribution is 5.75. The summed E-state index contributed by atoms with van der Waals surface area (Å²) in [5.74, 6) is -1.38. The Hall–Kier alpha value is -1.30. The fourth-order valence-corrected chi connectivity index (χ4v) is 1.36. The van der Waals surface area contributed by atoms with Crippen molar-refractivity contribution in [3.8, 4) is 0 Å². The molecule has 0 aromatic rings. The highest BCUT2D eigenvalue weighted by Crippen LogP contribution is 2.04. The maximum Gasteiger partial charge on any atom is 0.314 e. The second-order valence-electron chi connectivity index (χ2n) is 3.81. The number of carboxylic acid groups (broad SMARTS) is 1. The van der Waals surface area contributed by atoms with Crippen LogP contribution in [0, 0.1) is 5.92 Å². The van der Waals surface area contributed by atoms with E-state index < -0.39 is 11.9 Å². The van der Waals surface area contributed by atoms with Crippen LogP contribution in [0.15, 0.2) is 0 Å². The number of rotatable bonds is 9. The third-order valence-electron chi connectivity index (χ3n) is 2.31. The lowest BCUT2D eigenvalue weighted by Crippen LogP contribution is -2.40. The normalized spacial score (nSPS) is 11.9. The van der Waals surface area contributed by atoms with Gasteiger partial charge in [-0.3, -0.25) is 4.79 Å². The van der Waals surface area contributed by atoms with Crippen molar-refractivity contribution in [2.24, 2.45) is 5.92 Å². The molecule has 0 spiro atoms. The second kappa shape index (κ2) is 9.89. The van der Waals surface area contributed by atoms with Crippen molar-refractivity contribution < 1.29 is 19.4 Å². The van der Waals surface area contributed by atoms with Crippen molar-refractivity contribution in [2.45, 2.75) is 26.2 Å². The van der Waals surface area contributed by atoms with Gasteiger partial charge in [0.25, 0.3) is 0 Å². The number of carbonyl (C=O) groups is 2. The molecule has 0 fully saturated rings. The molecule has 6 heteroatoms. The molecule has 100 valence electrons. The molecular formula is C11H22N2O4. The lowest BCUT2D eigenvalue weighted by Gasteiger charge is -2.12. The summed E-state index contributed by atoms with van der Waals surface area (Å²) in [6.45, 7) is 3.19. The van der Waals surface area contributed by atoms with E-state index in [0.717, 1.165) is 12.8 Å². The third kappa shape index (κ3) is 8.50. The van der Waals surface area contributed by atoms with Gasteiger partial charge in [0.2, 0.25) is 0 Å². The van der Waals surface area contributed by atoms with Crippen molar-refractivity contribution in [1.29, 1.82) is 0 Å². The van der Waals surface area contributed by atoms with Gasteiger partial charge in [0.1, 0.15) is 0 Å². The Balaban J connectivity index is 3.69. The summed E-state index contributed by atoms with van der Waals surface area (Å²) in [6, 6.07) is -0.330. The summed E-state index contributed by atoms with van der Waals surface area (Å²) in [6.07, 6.45) is 2.09. The first-order valence-electron chi connectivity index (χ1n) is 5.85. The van der Waals surface area contributed by atoms with E-state index in [4.69, 9.17) is 9.84 Å². The molecule has 0 heterocycles. The minimum Gasteiger partial charge on any atom is -0.481 e. The molecule has 3 N–H and O–H groups in total. The number of nitrogens with one attached hydrogen (secondary N) is 2. The Kier molecular flexibility index (Phi) is 9.14. The molecule has 0 radical (unpaired) electrons. The molecule has 0 aromatic carbocycles. The third-order valence-corrected chi connectivity index (χ3v) is 2.31. The van der Waals surface area contributed by atoms with Crippen LogP contribution >= 0.6 is 0 Å². The molecule has 0 aromatic heterocycles. The van der Waals surface area contributed by atoms with Crippen molar-refractivity contribution in [1.82, 2.24) is 10.6 Å². The van der Waals surface area contributed by atoms with Crippen molar-refractivity contribution >= 4 is 12.0 Å². The molecule has 1 atom stereocenters. The van der Waals surface area contributed by atoms with Crippen molar-refractivity contribution in [2.75, 3.05) is 26.8 Å². The molecule has 0 rings (SSSR count). The van der Waals surface area contributed by atoms with E-state index in [-0.39, 0.29) is 12.6 Å². The van der Waals surface area contributed by atoms with Crippen LogP contribution < -0.4 is 10.6 Å².